The first-order valence-corrected chi connectivity index (χ1v) is 4.43. The van der Waals surface area contributed by atoms with Crippen LogP contribution in [0.15, 0.2) is 0 Å². The first-order chi connectivity index (χ1) is 4.00. The van der Waals surface area contributed by atoms with Crippen molar-refractivity contribution in [3.8, 4) is 0 Å². The van der Waals surface area contributed by atoms with Gasteiger partial charge < -0.3 is 38.5 Å². The van der Waals surface area contributed by atoms with E-state index in [2.05, 4.69) is 0 Å². The van der Waals surface area contributed by atoms with Crippen molar-refractivity contribution >= 4 is 15.6 Å². The second kappa shape index (κ2) is 11.9. The molecule has 13 heavy (non-hydrogen) atoms. The molecule has 8 nitrogen and oxygen atoms in total. The van der Waals surface area contributed by atoms with Gasteiger partial charge in [0.1, 0.15) is 0 Å². The molecular formula is HFeLiMnO8P2. The average Bonchev–Trinajstić information content (AvgIpc) is 1.12. The SMILES string of the molecule is O=P([O-])([O-])O.O=P([O-])([O-])[O-].[Fe+2].[Li+].[Mn+2]. The summed E-state index contributed by atoms with van der Waals surface area (Å²) in [5, 5.41) is 0. The summed E-state index contributed by atoms with van der Waals surface area (Å²) in [6.07, 6.45) is 0. The van der Waals surface area contributed by atoms with Crippen LogP contribution in [0.25, 0.3) is 0 Å². The molecule has 0 saturated heterocycles. The fourth-order valence-corrected chi connectivity index (χ4v) is 0. The topological polar surface area (TPSA) is 170 Å². The minimum atomic E-state index is -5.39. The first kappa shape index (κ1) is 29.4. The Bertz CT molecular complexity index is 134. The van der Waals surface area contributed by atoms with Crippen LogP contribution in [0, 0.1) is 0 Å². The molecule has 0 rings (SSSR count). The maximum Gasteiger partial charge on any atom is 2.00 e. The Labute approximate surface area is 107 Å². The van der Waals surface area contributed by atoms with E-state index >= 15 is 0 Å². The van der Waals surface area contributed by atoms with Crippen LogP contribution in [0.4, 0.5) is 0 Å². The summed E-state index contributed by atoms with van der Waals surface area (Å²) >= 11 is 0. The van der Waals surface area contributed by atoms with Crippen molar-refractivity contribution in [2.45, 2.75) is 0 Å². The van der Waals surface area contributed by atoms with Crippen molar-refractivity contribution < 1.29 is 91.5 Å². The quantitative estimate of drug-likeness (QED) is 0.339. The van der Waals surface area contributed by atoms with Crippen LogP contribution in [0.3, 0.4) is 0 Å². The van der Waals surface area contributed by atoms with Gasteiger partial charge in [-0.25, -0.2) is 0 Å². The van der Waals surface area contributed by atoms with Crippen LogP contribution >= 0.6 is 15.6 Å². The molecule has 13 heteroatoms. The summed E-state index contributed by atoms with van der Waals surface area (Å²) in [5.74, 6) is 0. The molecule has 0 aliphatic carbocycles. The largest absolute Gasteiger partial charge is 2.00 e. The van der Waals surface area contributed by atoms with Gasteiger partial charge >= 0.3 is 53.0 Å². The van der Waals surface area contributed by atoms with Crippen molar-refractivity contribution in [1.29, 1.82) is 0 Å². The summed E-state index contributed by atoms with van der Waals surface area (Å²) in [4.78, 5) is 49.9. The van der Waals surface area contributed by atoms with Gasteiger partial charge in [0.2, 0.25) is 0 Å². The zero-order valence-corrected chi connectivity index (χ0v) is 10.0. The predicted molar refractivity (Wildman–Crippen MR) is 17.4 cm³/mol. The van der Waals surface area contributed by atoms with Crippen LogP contribution in [-0.2, 0) is 43.3 Å². The summed E-state index contributed by atoms with van der Waals surface area (Å²) in [5.41, 5.74) is 0. The zero-order valence-electron chi connectivity index (χ0n) is 5.93. The Hall–Kier alpha value is 1.86. The van der Waals surface area contributed by atoms with E-state index in [0.717, 1.165) is 0 Å². The molecule has 1 N–H and O–H groups in total. The second-order valence-corrected chi connectivity index (χ2v) is 2.75. The van der Waals surface area contributed by atoms with Crippen LogP contribution in [0.2, 0.25) is 0 Å². The van der Waals surface area contributed by atoms with Gasteiger partial charge in [-0.05, 0) is 0 Å². The van der Waals surface area contributed by atoms with Gasteiger partial charge in [-0.2, -0.15) is 7.82 Å². The standard InChI is InChI=1S/Fe.Li.Mn.2H3O4P/c;;;2*1-5(2,3)4/h;;;2*(H3,1,2,3,4)/q+2;+1;+2;;/p-5. The molecule has 1 radical (unpaired) electrons. The molecule has 75 valence electrons. The average molecular weight is 309 g/mol. The normalized spacial score (nSPS) is 9.08. The molecule has 0 aliphatic heterocycles. The van der Waals surface area contributed by atoms with E-state index in [0.29, 0.717) is 0 Å². The van der Waals surface area contributed by atoms with Gasteiger partial charge in [0.15, 0.2) is 0 Å². The van der Waals surface area contributed by atoms with Gasteiger partial charge in [-0.1, -0.05) is 0 Å². The molecule has 0 bridgehead atoms. The van der Waals surface area contributed by atoms with E-state index in [1.807, 2.05) is 0 Å². The number of rotatable bonds is 0. The number of hydrogen-bond acceptors (Lipinski definition) is 7. The van der Waals surface area contributed by atoms with Crippen LogP contribution in [-0.4, -0.2) is 4.89 Å². The molecule has 0 fully saturated rings. The zero-order chi connectivity index (χ0) is 9.00. The molecule has 0 aliphatic rings. The van der Waals surface area contributed by atoms with Crippen LogP contribution in [0.1, 0.15) is 0 Å². The van der Waals surface area contributed by atoms with Crippen LogP contribution in [0.5, 0.6) is 0 Å². The van der Waals surface area contributed by atoms with Gasteiger partial charge in [-0.3, -0.25) is 0 Å². The summed E-state index contributed by atoms with van der Waals surface area (Å²) < 4.78 is 17.2. The molecule has 0 saturated carbocycles. The minimum Gasteiger partial charge on any atom is -0.822 e. The summed E-state index contributed by atoms with van der Waals surface area (Å²) in [7, 11) is -10.5. The third kappa shape index (κ3) is 565. The Kier molecular flexibility index (Phi) is 26.9. The first-order valence-electron chi connectivity index (χ1n) is 1.48. The second-order valence-electron chi connectivity index (χ2n) is 0.916. The Morgan fingerprint density at radius 1 is 0.923 bits per heavy atom. The third-order valence-corrected chi connectivity index (χ3v) is 0. The van der Waals surface area contributed by atoms with Crippen molar-refractivity contribution in [3.05, 3.63) is 0 Å². The fraction of sp³-hybridized carbons (Fsp3) is 0. The Balaban J connectivity index is -0.0000000267. The molecule has 0 aromatic heterocycles. The predicted octanol–water partition coefficient (Wildman–Crippen LogP) is -8.02. The monoisotopic (exact) mass is 309 g/mol. The van der Waals surface area contributed by atoms with Gasteiger partial charge in [0.05, 0.1) is 7.82 Å². The maximum absolute atomic E-state index is 8.66. The van der Waals surface area contributed by atoms with E-state index in [-0.39, 0.29) is 53.0 Å². The van der Waals surface area contributed by atoms with Crippen molar-refractivity contribution in [1.82, 2.24) is 0 Å². The van der Waals surface area contributed by atoms with E-state index in [9.17, 15) is 0 Å². The Morgan fingerprint density at radius 3 is 0.923 bits per heavy atom. The molecule has 0 heterocycles. The Morgan fingerprint density at radius 2 is 0.923 bits per heavy atom. The van der Waals surface area contributed by atoms with Crippen molar-refractivity contribution in [2.75, 3.05) is 0 Å². The number of hydrogen-bond donors (Lipinski definition) is 1. The molecule has 0 aromatic carbocycles. The van der Waals surface area contributed by atoms with Gasteiger partial charge in [-0.15, -0.1) is 0 Å². The molecule has 0 aromatic rings. The number of phosphoric acid groups is 2. The molecular weight excluding hydrogens is 308 g/mol. The van der Waals surface area contributed by atoms with Crippen LogP contribution < -0.4 is 43.3 Å². The van der Waals surface area contributed by atoms with Gasteiger partial charge in [0, 0.05) is 0 Å². The van der Waals surface area contributed by atoms with E-state index < -0.39 is 15.6 Å². The van der Waals surface area contributed by atoms with E-state index in [4.69, 9.17) is 38.5 Å². The minimum absolute atomic E-state index is 0. The molecule has 0 spiro atoms. The summed E-state index contributed by atoms with van der Waals surface area (Å²) in [6, 6.07) is 0. The van der Waals surface area contributed by atoms with E-state index in [1.165, 1.54) is 0 Å². The summed E-state index contributed by atoms with van der Waals surface area (Å²) in [6.45, 7) is 0. The van der Waals surface area contributed by atoms with Crippen molar-refractivity contribution in [2.24, 2.45) is 0 Å². The smallest absolute Gasteiger partial charge is 0.822 e. The van der Waals surface area contributed by atoms with E-state index in [1.54, 1.807) is 0 Å². The third-order valence-electron chi connectivity index (χ3n) is 0. The molecule has 0 unspecified atom stereocenters. The van der Waals surface area contributed by atoms with Gasteiger partial charge in [0.25, 0.3) is 0 Å². The molecule has 0 atom stereocenters. The molecule has 0 amide bonds. The fourth-order valence-electron chi connectivity index (χ4n) is 0. The van der Waals surface area contributed by atoms with Crippen molar-refractivity contribution in [3.63, 3.8) is 0 Å². The maximum atomic E-state index is 8.66.